The fourth-order valence-corrected chi connectivity index (χ4v) is 5.00. The molecule has 2 atom stereocenters. The lowest BCUT2D eigenvalue weighted by Gasteiger charge is -2.44. The molecule has 178 valence electrons. The van der Waals surface area contributed by atoms with Crippen LogP contribution in [0.3, 0.4) is 0 Å². The molecule has 0 aliphatic heterocycles. The molecule has 9 nitrogen and oxygen atoms in total. The van der Waals surface area contributed by atoms with Gasteiger partial charge in [-0.2, -0.15) is 5.10 Å². The molecule has 2 aromatic heterocycles. The Balaban J connectivity index is 1.83. The minimum Gasteiger partial charge on any atom is -0.466 e. The van der Waals surface area contributed by atoms with E-state index in [-0.39, 0.29) is 17.0 Å². The molecule has 0 bridgehead atoms. The molecule has 1 aliphatic carbocycles. The van der Waals surface area contributed by atoms with Crippen LogP contribution in [0, 0.1) is 5.41 Å². The number of rotatable bonds is 7. The summed E-state index contributed by atoms with van der Waals surface area (Å²) in [7, 11) is 4.24. The zero-order valence-corrected chi connectivity index (χ0v) is 20.8. The SMILES string of the molecule is CN(C)C1(c2nnnn2[C@H]([C@@H](Oc2ccc(Cl)cc2)n2cncn2)C(C)(C)C)CCCCC1. The molecule has 10 heteroatoms. The highest BCUT2D eigenvalue weighted by atomic mass is 35.5. The predicted molar refractivity (Wildman–Crippen MR) is 126 cm³/mol. The largest absolute Gasteiger partial charge is 0.466 e. The zero-order chi connectivity index (χ0) is 23.6. The number of hydrogen-bond donors (Lipinski definition) is 0. The van der Waals surface area contributed by atoms with Gasteiger partial charge in [0.2, 0.25) is 6.23 Å². The van der Waals surface area contributed by atoms with Gasteiger partial charge in [0, 0.05) is 5.02 Å². The average Bonchev–Trinajstić information content (AvgIpc) is 3.47. The van der Waals surface area contributed by atoms with E-state index >= 15 is 0 Å². The van der Waals surface area contributed by atoms with Crippen molar-refractivity contribution in [2.75, 3.05) is 14.1 Å². The van der Waals surface area contributed by atoms with Crippen molar-refractivity contribution in [3.05, 3.63) is 47.8 Å². The molecule has 4 rings (SSSR count). The van der Waals surface area contributed by atoms with Gasteiger partial charge in [0.05, 0.1) is 5.54 Å². The Labute approximate surface area is 200 Å². The number of ether oxygens (including phenoxy) is 1. The summed E-state index contributed by atoms with van der Waals surface area (Å²) in [6.07, 6.45) is 8.23. The van der Waals surface area contributed by atoms with Crippen LogP contribution in [0.15, 0.2) is 36.9 Å². The minimum atomic E-state index is -0.529. The molecule has 0 amide bonds. The Morgan fingerprint density at radius 2 is 1.79 bits per heavy atom. The minimum absolute atomic E-state index is 0.224. The molecule has 1 fully saturated rings. The second-order valence-corrected chi connectivity index (χ2v) is 10.5. The average molecular weight is 473 g/mol. The van der Waals surface area contributed by atoms with E-state index in [1.54, 1.807) is 11.0 Å². The van der Waals surface area contributed by atoms with Crippen LogP contribution in [-0.4, -0.2) is 54.0 Å². The highest BCUT2D eigenvalue weighted by Gasteiger charge is 2.46. The number of hydrogen-bond acceptors (Lipinski definition) is 7. The van der Waals surface area contributed by atoms with Gasteiger partial charge in [0.15, 0.2) is 5.82 Å². The first-order chi connectivity index (χ1) is 15.7. The molecule has 2 heterocycles. The van der Waals surface area contributed by atoms with Crippen LogP contribution in [0.5, 0.6) is 5.75 Å². The first-order valence-electron chi connectivity index (χ1n) is 11.4. The van der Waals surface area contributed by atoms with Gasteiger partial charge >= 0.3 is 0 Å². The predicted octanol–water partition coefficient (Wildman–Crippen LogP) is 4.50. The molecule has 1 aliphatic rings. The van der Waals surface area contributed by atoms with Crippen molar-refractivity contribution in [2.24, 2.45) is 5.41 Å². The summed E-state index contributed by atoms with van der Waals surface area (Å²) >= 11 is 6.10. The van der Waals surface area contributed by atoms with E-state index < -0.39 is 6.23 Å². The van der Waals surface area contributed by atoms with Crippen molar-refractivity contribution >= 4 is 11.6 Å². The molecule has 1 saturated carbocycles. The fourth-order valence-electron chi connectivity index (χ4n) is 4.87. The number of benzene rings is 1. The van der Waals surface area contributed by atoms with E-state index in [9.17, 15) is 0 Å². The summed E-state index contributed by atoms with van der Waals surface area (Å²) < 4.78 is 10.2. The van der Waals surface area contributed by atoms with E-state index in [0.29, 0.717) is 10.8 Å². The molecule has 1 aromatic carbocycles. The Bertz CT molecular complexity index is 1020. The van der Waals surface area contributed by atoms with E-state index in [0.717, 1.165) is 31.5 Å². The maximum Gasteiger partial charge on any atom is 0.215 e. The third-order valence-electron chi connectivity index (χ3n) is 6.63. The molecule has 3 aromatic rings. The molecular formula is C23H33ClN8O. The highest BCUT2D eigenvalue weighted by Crippen LogP contribution is 2.45. The van der Waals surface area contributed by atoms with Crippen molar-refractivity contribution in [3.8, 4) is 5.75 Å². The number of halogens is 1. The fraction of sp³-hybridized carbons (Fsp3) is 0.609. The lowest BCUT2D eigenvalue weighted by atomic mass is 9.79. The first-order valence-corrected chi connectivity index (χ1v) is 11.8. The number of tetrazole rings is 1. The maximum absolute atomic E-state index is 6.53. The van der Waals surface area contributed by atoms with Gasteiger partial charge in [0.25, 0.3) is 0 Å². The van der Waals surface area contributed by atoms with Crippen LogP contribution in [-0.2, 0) is 5.54 Å². The van der Waals surface area contributed by atoms with E-state index in [1.807, 2.05) is 28.9 Å². The highest BCUT2D eigenvalue weighted by molar-refractivity contribution is 6.30. The summed E-state index contributed by atoms with van der Waals surface area (Å²) in [6.45, 7) is 6.50. The van der Waals surface area contributed by atoms with Crippen LogP contribution in [0.1, 0.15) is 71.0 Å². The van der Waals surface area contributed by atoms with Crippen molar-refractivity contribution in [2.45, 2.75) is 70.7 Å². The summed E-state index contributed by atoms with van der Waals surface area (Å²) in [5.41, 5.74) is -0.492. The number of aromatic nitrogens is 7. The summed E-state index contributed by atoms with van der Waals surface area (Å²) in [6, 6.07) is 7.07. The Morgan fingerprint density at radius 3 is 2.36 bits per heavy atom. The van der Waals surface area contributed by atoms with Gasteiger partial charge < -0.3 is 4.74 Å². The van der Waals surface area contributed by atoms with Crippen LogP contribution in [0.4, 0.5) is 0 Å². The van der Waals surface area contributed by atoms with Gasteiger partial charge in [-0.05, 0) is 67.0 Å². The summed E-state index contributed by atoms with van der Waals surface area (Å²) in [5, 5.41) is 18.4. The second-order valence-electron chi connectivity index (χ2n) is 10.1. The molecular weight excluding hydrogens is 440 g/mol. The summed E-state index contributed by atoms with van der Waals surface area (Å²) in [5.74, 6) is 1.56. The van der Waals surface area contributed by atoms with Crippen molar-refractivity contribution in [1.29, 1.82) is 0 Å². The topological polar surface area (TPSA) is 86.8 Å². The normalized spacial score (nSPS) is 18.3. The van der Waals surface area contributed by atoms with Gasteiger partial charge in [0.1, 0.15) is 24.4 Å². The second kappa shape index (κ2) is 9.38. The van der Waals surface area contributed by atoms with Gasteiger partial charge in [-0.25, -0.2) is 14.3 Å². The molecule has 0 saturated heterocycles. The van der Waals surface area contributed by atoms with Crippen molar-refractivity contribution < 1.29 is 4.74 Å². The molecule has 0 radical (unpaired) electrons. The first kappa shape index (κ1) is 23.6. The number of nitrogens with zero attached hydrogens (tertiary/aromatic N) is 8. The van der Waals surface area contributed by atoms with E-state index in [1.165, 1.54) is 12.7 Å². The van der Waals surface area contributed by atoms with Gasteiger partial charge in [-0.1, -0.05) is 51.6 Å². The van der Waals surface area contributed by atoms with Crippen molar-refractivity contribution in [1.82, 2.24) is 39.9 Å². The lowest BCUT2D eigenvalue weighted by Crippen LogP contribution is -2.47. The standard InChI is InChI=1S/C23H33ClN8O/c1-22(2,3)19(20(31-16-25-15-26-31)33-18-11-9-17(24)10-12-18)32-21(27-28-29-32)23(30(4)5)13-7-6-8-14-23/h9-12,15-16,19-20H,6-8,13-14H2,1-5H3/t19-,20-/m1/s1. The third kappa shape index (κ3) is 4.75. The molecule has 0 N–H and O–H groups in total. The molecule has 0 unspecified atom stereocenters. The van der Waals surface area contributed by atoms with Crippen LogP contribution in [0.25, 0.3) is 0 Å². The molecule has 0 spiro atoms. The van der Waals surface area contributed by atoms with Gasteiger partial charge in [-0.15, -0.1) is 5.10 Å². The van der Waals surface area contributed by atoms with Gasteiger partial charge in [-0.3, -0.25) is 4.90 Å². The third-order valence-corrected chi connectivity index (χ3v) is 6.89. The Kier molecular flexibility index (Phi) is 6.72. The van der Waals surface area contributed by atoms with Crippen LogP contribution >= 0.6 is 11.6 Å². The van der Waals surface area contributed by atoms with E-state index in [2.05, 4.69) is 65.4 Å². The smallest absolute Gasteiger partial charge is 0.215 e. The van der Waals surface area contributed by atoms with Crippen LogP contribution in [0.2, 0.25) is 5.02 Å². The lowest BCUT2D eigenvalue weighted by molar-refractivity contribution is -0.00904. The van der Waals surface area contributed by atoms with Crippen LogP contribution < -0.4 is 4.74 Å². The zero-order valence-electron chi connectivity index (χ0n) is 20.0. The van der Waals surface area contributed by atoms with E-state index in [4.69, 9.17) is 16.3 Å². The Morgan fingerprint density at radius 1 is 1.09 bits per heavy atom. The monoisotopic (exact) mass is 472 g/mol. The molecule has 33 heavy (non-hydrogen) atoms. The quantitative estimate of drug-likeness (QED) is 0.500. The summed E-state index contributed by atoms with van der Waals surface area (Å²) in [4.78, 5) is 6.46. The van der Waals surface area contributed by atoms with Crippen molar-refractivity contribution in [3.63, 3.8) is 0 Å². The maximum atomic E-state index is 6.53. The Hall–Kier alpha value is -2.52.